The SMILES string of the molecule is FC12CC3C[C@H](C1)C1(CC(c4ccc(Cl)cc4)=NO1)[C@@H](C3)C2. The maximum atomic E-state index is 14.9. The fraction of sp³-hybridized carbons (Fsp3) is 0.611. The molecule has 0 saturated heterocycles. The zero-order valence-corrected chi connectivity index (χ0v) is 13.2. The van der Waals surface area contributed by atoms with Gasteiger partial charge in [-0.15, -0.1) is 0 Å². The van der Waals surface area contributed by atoms with Crippen molar-refractivity contribution in [3.05, 3.63) is 34.9 Å². The van der Waals surface area contributed by atoms with Crippen LogP contribution in [0.3, 0.4) is 0 Å². The highest BCUT2D eigenvalue weighted by Crippen LogP contribution is 2.64. The molecule has 4 heteroatoms. The van der Waals surface area contributed by atoms with Gasteiger partial charge in [-0.3, -0.25) is 0 Å². The lowest BCUT2D eigenvalue weighted by atomic mass is 9.48. The highest BCUT2D eigenvalue weighted by atomic mass is 35.5. The van der Waals surface area contributed by atoms with Gasteiger partial charge in [0, 0.05) is 23.3 Å². The minimum absolute atomic E-state index is 0.235. The van der Waals surface area contributed by atoms with E-state index in [1.54, 1.807) is 0 Å². The predicted octanol–water partition coefficient (Wildman–Crippen LogP) is 4.75. The van der Waals surface area contributed by atoms with Crippen LogP contribution in [-0.4, -0.2) is 17.0 Å². The molecule has 0 radical (unpaired) electrons. The van der Waals surface area contributed by atoms with Gasteiger partial charge in [0.05, 0.1) is 5.71 Å². The van der Waals surface area contributed by atoms with E-state index < -0.39 is 5.67 Å². The second-order valence-electron chi connectivity index (χ2n) is 7.76. The molecule has 4 fully saturated rings. The number of hydrogen-bond acceptors (Lipinski definition) is 2. The Morgan fingerprint density at radius 3 is 2.41 bits per heavy atom. The minimum atomic E-state index is -0.922. The van der Waals surface area contributed by atoms with Crippen LogP contribution in [0.5, 0.6) is 0 Å². The molecule has 0 aromatic heterocycles. The summed E-state index contributed by atoms with van der Waals surface area (Å²) in [5.41, 5.74) is 0.914. The molecule has 0 N–H and O–H groups in total. The second-order valence-corrected chi connectivity index (χ2v) is 8.20. The van der Waals surface area contributed by atoms with Crippen molar-refractivity contribution in [1.29, 1.82) is 0 Å². The Labute approximate surface area is 134 Å². The number of oxime groups is 1. The lowest BCUT2D eigenvalue weighted by Gasteiger charge is -2.60. The Morgan fingerprint density at radius 2 is 1.77 bits per heavy atom. The molecule has 1 aromatic carbocycles. The summed E-state index contributed by atoms with van der Waals surface area (Å²) in [5.74, 6) is 1.23. The average molecular weight is 320 g/mol. The Kier molecular flexibility index (Phi) is 2.58. The standard InChI is InChI=1S/C18H19ClFNO/c19-15-3-1-12(2-4-15)16-10-18(22-21-16)13-5-11-6-14(18)9-17(20,7-11)8-13/h1-4,11,13-14H,5-10H2/t11?,13-,14+,17?,18?. The lowest BCUT2D eigenvalue weighted by molar-refractivity contribution is -0.217. The van der Waals surface area contributed by atoms with Gasteiger partial charge < -0.3 is 4.84 Å². The van der Waals surface area contributed by atoms with Gasteiger partial charge in [-0.2, -0.15) is 0 Å². The van der Waals surface area contributed by atoms with Crippen LogP contribution in [0.25, 0.3) is 0 Å². The fourth-order valence-electron chi connectivity index (χ4n) is 5.66. The van der Waals surface area contributed by atoms with Gasteiger partial charge in [0.15, 0.2) is 0 Å². The first-order chi connectivity index (χ1) is 10.6. The van der Waals surface area contributed by atoms with E-state index in [1.807, 2.05) is 24.3 Å². The number of benzene rings is 1. The lowest BCUT2D eigenvalue weighted by Crippen LogP contribution is -2.62. The van der Waals surface area contributed by atoms with Crippen LogP contribution in [0.1, 0.15) is 44.1 Å². The van der Waals surface area contributed by atoms with Crippen molar-refractivity contribution in [2.75, 3.05) is 0 Å². The molecule has 5 atom stereocenters. The maximum absolute atomic E-state index is 14.9. The number of nitrogens with zero attached hydrogens (tertiary/aromatic N) is 1. The van der Waals surface area contributed by atoms with Gasteiger partial charge >= 0.3 is 0 Å². The van der Waals surface area contributed by atoms with Gasteiger partial charge in [-0.25, -0.2) is 4.39 Å². The van der Waals surface area contributed by atoms with Gasteiger partial charge in [0.25, 0.3) is 0 Å². The third-order valence-corrected chi connectivity index (χ3v) is 6.70. The normalized spacial score (nSPS) is 45.2. The molecular formula is C18H19ClFNO. The third kappa shape index (κ3) is 1.75. The van der Waals surface area contributed by atoms with Crippen molar-refractivity contribution in [3.8, 4) is 0 Å². The number of rotatable bonds is 1. The van der Waals surface area contributed by atoms with Crippen LogP contribution in [0, 0.1) is 17.8 Å². The summed E-state index contributed by atoms with van der Waals surface area (Å²) in [7, 11) is 0. The van der Waals surface area contributed by atoms with E-state index in [1.165, 1.54) is 0 Å². The van der Waals surface area contributed by atoms with Crippen LogP contribution >= 0.6 is 11.6 Å². The Bertz CT molecular complexity index is 640. The predicted molar refractivity (Wildman–Crippen MR) is 83.8 cm³/mol. The van der Waals surface area contributed by atoms with E-state index in [2.05, 4.69) is 5.16 Å². The third-order valence-electron chi connectivity index (χ3n) is 6.44. The van der Waals surface area contributed by atoms with E-state index in [0.717, 1.165) is 42.0 Å². The molecule has 4 bridgehead atoms. The molecule has 1 aliphatic heterocycles. The van der Waals surface area contributed by atoms with Gasteiger partial charge in [0.1, 0.15) is 11.3 Å². The molecule has 22 heavy (non-hydrogen) atoms. The molecular weight excluding hydrogens is 301 g/mol. The van der Waals surface area contributed by atoms with Crippen LogP contribution in [0.15, 0.2) is 29.4 Å². The van der Waals surface area contributed by atoms with Crippen molar-refractivity contribution in [1.82, 2.24) is 0 Å². The van der Waals surface area contributed by atoms with E-state index >= 15 is 0 Å². The summed E-state index contributed by atoms with van der Waals surface area (Å²) >= 11 is 5.96. The largest absolute Gasteiger partial charge is 0.388 e. The first kappa shape index (κ1) is 13.4. The zero-order chi connectivity index (χ0) is 14.9. The van der Waals surface area contributed by atoms with Crippen molar-refractivity contribution >= 4 is 17.3 Å². The van der Waals surface area contributed by atoms with Gasteiger partial charge in [-0.05, 0) is 55.7 Å². The highest BCUT2D eigenvalue weighted by Gasteiger charge is 2.66. The van der Waals surface area contributed by atoms with Crippen LogP contribution < -0.4 is 0 Å². The molecule has 3 unspecified atom stereocenters. The Hall–Kier alpha value is -1.09. The number of hydrogen-bond donors (Lipinski definition) is 0. The molecule has 1 aromatic rings. The molecule has 1 spiro atoms. The van der Waals surface area contributed by atoms with E-state index in [4.69, 9.17) is 16.4 Å². The Morgan fingerprint density at radius 1 is 1.09 bits per heavy atom. The highest BCUT2D eigenvalue weighted by molar-refractivity contribution is 6.30. The molecule has 4 aliphatic carbocycles. The van der Waals surface area contributed by atoms with Gasteiger partial charge in [-0.1, -0.05) is 28.9 Å². The molecule has 4 saturated carbocycles. The summed E-state index contributed by atoms with van der Waals surface area (Å²) in [6.07, 6.45) is 5.18. The minimum Gasteiger partial charge on any atom is -0.388 e. The average Bonchev–Trinajstić information content (AvgIpc) is 2.90. The molecule has 6 rings (SSSR count). The first-order valence-electron chi connectivity index (χ1n) is 8.26. The molecule has 2 nitrogen and oxygen atoms in total. The van der Waals surface area contributed by atoms with Crippen LogP contribution in [0.4, 0.5) is 4.39 Å². The molecule has 5 aliphatic rings. The fourth-order valence-corrected chi connectivity index (χ4v) is 5.79. The summed E-state index contributed by atoms with van der Waals surface area (Å²) in [6, 6.07) is 7.77. The number of alkyl halides is 1. The topological polar surface area (TPSA) is 21.6 Å². The number of halogens is 2. The summed E-state index contributed by atoms with van der Waals surface area (Å²) in [6.45, 7) is 0. The summed E-state index contributed by atoms with van der Waals surface area (Å²) in [5, 5.41) is 5.14. The van der Waals surface area contributed by atoms with Crippen molar-refractivity contribution in [3.63, 3.8) is 0 Å². The quantitative estimate of drug-likeness (QED) is 0.732. The Balaban J connectivity index is 1.45. The van der Waals surface area contributed by atoms with Crippen molar-refractivity contribution < 1.29 is 9.23 Å². The second kappa shape index (κ2) is 4.25. The molecule has 0 amide bonds. The van der Waals surface area contributed by atoms with E-state index in [-0.39, 0.29) is 5.60 Å². The van der Waals surface area contributed by atoms with Gasteiger partial charge in [0.2, 0.25) is 0 Å². The van der Waals surface area contributed by atoms with E-state index in [9.17, 15) is 4.39 Å². The monoisotopic (exact) mass is 319 g/mol. The zero-order valence-electron chi connectivity index (χ0n) is 12.4. The molecule has 116 valence electrons. The van der Waals surface area contributed by atoms with E-state index in [0.29, 0.717) is 30.6 Å². The molecule has 1 heterocycles. The van der Waals surface area contributed by atoms with Crippen LogP contribution in [-0.2, 0) is 4.84 Å². The maximum Gasteiger partial charge on any atom is 0.149 e. The smallest absolute Gasteiger partial charge is 0.149 e. The first-order valence-corrected chi connectivity index (χ1v) is 8.64. The van der Waals surface area contributed by atoms with Crippen molar-refractivity contribution in [2.45, 2.75) is 49.8 Å². The summed E-state index contributed by atoms with van der Waals surface area (Å²) < 4.78 is 14.9. The van der Waals surface area contributed by atoms with Crippen LogP contribution in [0.2, 0.25) is 5.02 Å². The van der Waals surface area contributed by atoms with Crippen molar-refractivity contribution in [2.24, 2.45) is 22.9 Å². The summed E-state index contributed by atoms with van der Waals surface area (Å²) in [4.78, 5) is 6.05.